The van der Waals surface area contributed by atoms with E-state index in [2.05, 4.69) is 62.3 Å². The molecule has 2 rings (SSSR count). The van der Waals surface area contributed by atoms with E-state index in [1.54, 1.807) is 32.3 Å². The summed E-state index contributed by atoms with van der Waals surface area (Å²) in [7, 11) is 3.42. The minimum Gasteiger partial charge on any atom is -0.507 e. The number of ether oxygens (including phenoxy) is 2. The van der Waals surface area contributed by atoms with Crippen LogP contribution >= 0.6 is 0 Å². The van der Waals surface area contributed by atoms with Gasteiger partial charge in [-0.25, -0.2) is 0 Å². The molecule has 3 atom stereocenters. The van der Waals surface area contributed by atoms with E-state index >= 15 is 0 Å². The lowest BCUT2D eigenvalue weighted by molar-refractivity contribution is -0.280. The molecule has 0 bridgehead atoms. The van der Waals surface area contributed by atoms with Gasteiger partial charge in [-0.3, -0.25) is 4.79 Å². The Morgan fingerprint density at radius 2 is 1.51 bits per heavy atom. The third kappa shape index (κ3) is 6.88. The summed E-state index contributed by atoms with van der Waals surface area (Å²) in [6.07, 6.45) is 3.61. The van der Waals surface area contributed by atoms with E-state index in [-0.39, 0.29) is 52.1 Å². The smallest absolute Gasteiger partial charge is 0.253 e. The van der Waals surface area contributed by atoms with E-state index in [1.165, 1.54) is 4.90 Å². The van der Waals surface area contributed by atoms with Gasteiger partial charge in [-0.1, -0.05) is 62.3 Å². The largest absolute Gasteiger partial charge is 0.507 e. The quantitative estimate of drug-likeness (QED) is 0.331. The molecule has 6 heteroatoms. The minimum atomic E-state index is -0.742. The number of phenolic OH excluding ortho intramolecular Hbond substituents is 1. The Morgan fingerprint density at radius 1 is 0.946 bits per heavy atom. The highest BCUT2D eigenvalue weighted by molar-refractivity contribution is 5.94. The van der Waals surface area contributed by atoms with E-state index in [1.807, 2.05) is 0 Å². The number of amides is 1. The lowest BCUT2D eigenvalue weighted by Crippen LogP contribution is -2.49. The van der Waals surface area contributed by atoms with Gasteiger partial charge in [0.1, 0.15) is 5.75 Å². The molecule has 1 heterocycles. The van der Waals surface area contributed by atoms with Crippen molar-refractivity contribution in [2.75, 3.05) is 20.7 Å². The first-order valence-electron chi connectivity index (χ1n) is 13.9. The van der Waals surface area contributed by atoms with Crippen molar-refractivity contribution < 1.29 is 24.5 Å². The van der Waals surface area contributed by atoms with Crippen LogP contribution in [0.5, 0.6) is 5.75 Å². The van der Waals surface area contributed by atoms with Gasteiger partial charge < -0.3 is 24.6 Å². The van der Waals surface area contributed by atoms with Gasteiger partial charge in [0.15, 0.2) is 6.29 Å². The molecule has 1 aromatic rings. The average Bonchev–Trinajstić information content (AvgIpc) is 2.82. The van der Waals surface area contributed by atoms with E-state index < -0.39 is 6.29 Å². The minimum absolute atomic E-state index is 0.00800. The molecule has 0 aliphatic carbocycles. The molecule has 1 amide bonds. The number of aliphatic hydroxyl groups excluding tert-OH is 1. The Labute approximate surface area is 225 Å². The van der Waals surface area contributed by atoms with Crippen LogP contribution < -0.4 is 0 Å². The summed E-state index contributed by atoms with van der Waals surface area (Å²) in [5.41, 5.74) is 0.854. The van der Waals surface area contributed by atoms with Gasteiger partial charge >= 0.3 is 0 Å². The number of hydrogen-bond acceptors (Lipinski definition) is 5. The number of benzene rings is 1. The predicted octanol–water partition coefficient (Wildman–Crippen LogP) is 6.94. The van der Waals surface area contributed by atoms with Gasteiger partial charge in [0.2, 0.25) is 0 Å². The number of carbonyl (C=O) groups is 1. The molecular weight excluding hydrogens is 466 g/mol. The highest BCUT2D eigenvalue weighted by Gasteiger charge is 2.49. The van der Waals surface area contributed by atoms with Crippen LogP contribution in [-0.4, -0.2) is 53.9 Å². The van der Waals surface area contributed by atoms with Crippen LogP contribution in [0.1, 0.15) is 117 Å². The molecule has 3 unspecified atom stereocenters. The van der Waals surface area contributed by atoms with E-state index in [4.69, 9.17) is 9.47 Å². The summed E-state index contributed by atoms with van der Waals surface area (Å²) in [6, 6.07) is 4.88. The lowest BCUT2D eigenvalue weighted by atomic mass is 9.57. The molecular formula is C31H53NO5. The zero-order valence-corrected chi connectivity index (χ0v) is 25.3. The fourth-order valence-electron chi connectivity index (χ4n) is 5.05. The first-order valence-corrected chi connectivity index (χ1v) is 13.9. The van der Waals surface area contributed by atoms with Crippen molar-refractivity contribution in [3.8, 4) is 5.75 Å². The van der Waals surface area contributed by atoms with Crippen molar-refractivity contribution in [3.05, 3.63) is 29.3 Å². The van der Waals surface area contributed by atoms with Gasteiger partial charge in [-0.05, 0) is 65.5 Å². The zero-order chi connectivity index (χ0) is 28.4. The maximum atomic E-state index is 12.6. The molecule has 1 aliphatic heterocycles. The molecule has 1 aromatic carbocycles. The molecule has 1 aliphatic rings. The third-order valence-electron chi connectivity index (χ3n) is 9.96. The topological polar surface area (TPSA) is 79.2 Å². The summed E-state index contributed by atoms with van der Waals surface area (Å²) < 4.78 is 12.9. The first kappa shape index (κ1) is 31.6. The third-order valence-corrected chi connectivity index (χ3v) is 9.96. The van der Waals surface area contributed by atoms with Crippen molar-refractivity contribution in [2.45, 2.75) is 113 Å². The second kappa shape index (κ2) is 11.6. The summed E-state index contributed by atoms with van der Waals surface area (Å²) in [6.45, 7) is 20.6. The Morgan fingerprint density at radius 3 is 2.05 bits per heavy atom. The molecule has 37 heavy (non-hydrogen) atoms. The number of hydrogen-bond donors (Lipinski definition) is 2. The summed E-state index contributed by atoms with van der Waals surface area (Å²) in [4.78, 5) is 14.1. The number of aliphatic hydroxyl groups is 1. The molecule has 212 valence electrons. The fraction of sp³-hybridized carbons (Fsp3) is 0.774. The Kier molecular flexibility index (Phi) is 9.93. The molecule has 0 radical (unpaired) electrons. The lowest BCUT2D eigenvalue weighted by Gasteiger charge is -2.52. The number of phenols is 1. The van der Waals surface area contributed by atoms with Crippen LogP contribution in [0.25, 0.3) is 0 Å². The Balaban J connectivity index is 2.32. The number of rotatable bonds is 11. The second-order valence-corrected chi connectivity index (χ2v) is 13.7. The molecule has 1 saturated heterocycles. The van der Waals surface area contributed by atoms with E-state index in [0.717, 1.165) is 32.1 Å². The molecule has 0 aromatic heterocycles. The SMILES string of the molecule is CCC1CC(C(C)(C)C(C)(C)CCC(C)(C)C(C)(C)CCO)OC(c2cc(C(=O)N(C)C)ccc2O)O1. The summed E-state index contributed by atoms with van der Waals surface area (Å²) in [5.74, 6) is -0.0606. The molecule has 0 saturated carbocycles. The van der Waals surface area contributed by atoms with Crippen LogP contribution in [0.15, 0.2) is 18.2 Å². The van der Waals surface area contributed by atoms with Gasteiger partial charge in [0.05, 0.1) is 17.8 Å². The van der Waals surface area contributed by atoms with Gasteiger partial charge in [0, 0.05) is 32.7 Å². The molecule has 2 N–H and O–H groups in total. The maximum Gasteiger partial charge on any atom is 0.253 e. The highest BCUT2D eigenvalue weighted by Crippen LogP contribution is 2.53. The first-order chi connectivity index (χ1) is 16.9. The van der Waals surface area contributed by atoms with Crippen LogP contribution in [0, 0.1) is 21.7 Å². The Bertz CT molecular complexity index is 918. The summed E-state index contributed by atoms with van der Waals surface area (Å²) >= 11 is 0. The van der Waals surface area contributed by atoms with Crippen LogP contribution in [0.4, 0.5) is 0 Å². The monoisotopic (exact) mass is 519 g/mol. The fourth-order valence-corrected chi connectivity index (χ4v) is 5.05. The average molecular weight is 520 g/mol. The number of aromatic hydroxyl groups is 1. The van der Waals surface area contributed by atoms with Gasteiger partial charge in [-0.15, -0.1) is 0 Å². The molecule has 0 spiro atoms. The zero-order valence-electron chi connectivity index (χ0n) is 25.3. The normalized spacial score (nSPS) is 21.7. The van der Waals surface area contributed by atoms with Crippen molar-refractivity contribution in [2.24, 2.45) is 21.7 Å². The highest BCUT2D eigenvalue weighted by atomic mass is 16.7. The van der Waals surface area contributed by atoms with E-state index in [0.29, 0.717) is 11.1 Å². The summed E-state index contributed by atoms with van der Waals surface area (Å²) in [5, 5.41) is 20.3. The van der Waals surface area contributed by atoms with Crippen molar-refractivity contribution >= 4 is 5.91 Å². The van der Waals surface area contributed by atoms with Gasteiger partial charge in [-0.2, -0.15) is 0 Å². The Hall–Kier alpha value is -1.63. The van der Waals surface area contributed by atoms with Crippen molar-refractivity contribution in [1.82, 2.24) is 4.90 Å². The van der Waals surface area contributed by atoms with Gasteiger partial charge in [0.25, 0.3) is 5.91 Å². The predicted molar refractivity (Wildman–Crippen MR) is 150 cm³/mol. The van der Waals surface area contributed by atoms with Crippen molar-refractivity contribution in [3.63, 3.8) is 0 Å². The maximum absolute atomic E-state index is 12.6. The molecule has 6 nitrogen and oxygen atoms in total. The van der Waals surface area contributed by atoms with Crippen LogP contribution in [-0.2, 0) is 9.47 Å². The van der Waals surface area contributed by atoms with Crippen molar-refractivity contribution in [1.29, 1.82) is 0 Å². The second-order valence-electron chi connectivity index (χ2n) is 13.7. The number of carbonyl (C=O) groups excluding carboxylic acids is 1. The molecule has 1 fully saturated rings. The van der Waals surface area contributed by atoms with E-state index in [9.17, 15) is 15.0 Å². The number of nitrogens with zero attached hydrogens (tertiary/aromatic N) is 1. The van der Waals surface area contributed by atoms with Crippen LogP contribution in [0.3, 0.4) is 0 Å². The standard InChI is InChI=1S/C31H53NO5/c1-12-22-20-25(31(8,9)30(6,7)16-15-28(2,3)29(4,5)17-18-33)37-27(36-22)23-19-21(13-14-24(23)34)26(35)32(10)11/h13-14,19,22,25,27,33-34H,12,15-18,20H2,1-11H3. The van der Waals surface area contributed by atoms with Crippen LogP contribution in [0.2, 0.25) is 0 Å².